The number of aryl methyl sites for hydroxylation is 2. The minimum Gasteiger partial charge on any atom is -0.322 e. The Balaban J connectivity index is 1.79. The quantitative estimate of drug-likeness (QED) is 0.370. The standard InChI is InChI=1S/C28H36N6O/c1-7-8-25(26-30-31-32-34(26)28(4,5)6)33(17-21-12-9-19(2)10-13-21)18-23-16-22-15-20(3)11-14-24(22)29-27(23)35/h9-16,25H,7-8,17-18H2,1-6H3,(H,29,35)/t25-/m0/s1. The SMILES string of the molecule is CCC[C@@H](c1nnnn1C(C)(C)C)N(Cc1ccc(C)cc1)Cc1cc2cc(C)ccc2[nH]c1=O. The number of benzene rings is 2. The molecule has 1 N–H and O–H groups in total. The lowest BCUT2D eigenvalue weighted by Gasteiger charge is -2.33. The number of hydrogen-bond acceptors (Lipinski definition) is 5. The normalized spacial score (nSPS) is 13.0. The molecular formula is C28H36N6O. The fraction of sp³-hybridized carbons (Fsp3) is 0.429. The topological polar surface area (TPSA) is 79.7 Å². The zero-order valence-electron chi connectivity index (χ0n) is 21.7. The van der Waals surface area contributed by atoms with E-state index in [-0.39, 0.29) is 17.1 Å². The van der Waals surface area contributed by atoms with E-state index in [1.54, 1.807) is 0 Å². The summed E-state index contributed by atoms with van der Waals surface area (Å²) in [5, 5.41) is 13.9. The highest BCUT2D eigenvalue weighted by Crippen LogP contribution is 2.30. The second-order valence-corrected chi connectivity index (χ2v) is 10.5. The van der Waals surface area contributed by atoms with Gasteiger partial charge in [-0.1, -0.05) is 54.8 Å². The van der Waals surface area contributed by atoms with Gasteiger partial charge in [0.15, 0.2) is 5.82 Å². The monoisotopic (exact) mass is 472 g/mol. The van der Waals surface area contributed by atoms with Crippen LogP contribution in [0.4, 0.5) is 0 Å². The number of aromatic nitrogens is 5. The second-order valence-electron chi connectivity index (χ2n) is 10.5. The van der Waals surface area contributed by atoms with E-state index in [1.807, 2.05) is 22.9 Å². The van der Waals surface area contributed by atoms with Gasteiger partial charge in [0.25, 0.3) is 5.56 Å². The highest BCUT2D eigenvalue weighted by molar-refractivity contribution is 5.79. The lowest BCUT2D eigenvalue weighted by atomic mass is 10.0. The number of aromatic amines is 1. The number of rotatable bonds is 8. The van der Waals surface area contributed by atoms with Crippen molar-refractivity contribution in [1.29, 1.82) is 0 Å². The minimum absolute atomic E-state index is 0.0388. The van der Waals surface area contributed by atoms with E-state index < -0.39 is 0 Å². The third-order valence-corrected chi connectivity index (χ3v) is 6.39. The molecule has 0 amide bonds. The van der Waals surface area contributed by atoms with E-state index >= 15 is 0 Å². The van der Waals surface area contributed by atoms with Crippen LogP contribution in [-0.2, 0) is 18.6 Å². The van der Waals surface area contributed by atoms with Gasteiger partial charge in [0, 0.05) is 24.2 Å². The molecule has 184 valence electrons. The lowest BCUT2D eigenvalue weighted by Crippen LogP contribution is -2.35. The third-order valence-electron chi connectivity index (χ3n) is 6.39. The molecule has 2 aromatic heterocycles. The summed E-state index contributed by atoms with van der Waals surface area (Å²) in [7, 11) is 0. The van der Waals surface area contributed by atoms with Crippen LogP contribution in [0.3, 0.4) is 0 Å². The molecule has 0 saturated heterocycles. The van der Waals surface area contributed by atoms with Crippen LogP contribution in [0, 0.1) is 13.8 Å². The van der Waals surface area contributed by atoms with Gasteiger partial charge in [0.05, 0.1) is 11.6 Å². The average Bonchev–Trinajstić information content (AvgIpc) is 3.29. The first-order chi connectivity index (χ1) is 16.7. The fourth-order valence-corrected chi connectivity index (χ4v) is 4.54. The summed E-state index contributed by atoms with van der Waals surface area (Å²) in [4.78, 5) is 18.5. The number of hydrogen-bond donors (Lipinski definition) is 1. The van der Waals surface area contributed by atoms with Crippen LogP contribution in [0.5, 0.6) is 0 Å². The van der Waals surface area contributed by atoms with Crippen LogP contribution < -0.4 is 5.56 Å². The third kappa shape index (κ3) is 5.68. The lowest BCUT2D eigenvalue weighted by molar-refractivity contribution is 0.148. The van der Waals surface area contributed by atoms with Crippen LogP contribution in [0.2, 0.25) is 0 Å². The maximum Gasteiger partial charge on any atom is 0.252 e. The van der Waals surface area contributed by atoms with Crippen LogP contribution >= 0.6 is 0 Å². The summed E-state index contributed by atoms with van der Waals surface area (Å²) in [6.07, 6.45) is 1.85. The number of tetrazole rings is 1. The molecule has 0 radical (unpaired) electrons. The molecular weight excluding hydrogens is 436 g/mol. The Hall–Kier alpha value is -3.32. The molecule has 0 aliphatic rings. The zero-order valence-corrected chi connectivity index (χ0v) is 21.7. The van der Waals surface area contributed by atoms with Crippen molar-refractivity contribution in [1.82, 2.24) is 30.1 Å². The largest absolute Gasteiger partial charge is 0.322 e. The Kier molecular flexibility index (Phi) is 7.17. The molecule has 0 bridgehead atoms. The molecule has 0 spiro atoms. The van der Waals surface area contributed by atoms with Crippen molar-refractivity contribution in [3.05, 3.63) is 87.0 Å². The number of fused-ring (bicyclic) bond motifs is 1. The molecule has 35 heavy (non-hydrogen) atoms. The molecule has 2 aromatic carbocycles. The molecule has 0 unspecified atom stereocenters. The van der Waals surface area contributed by atoms with Gasteiger partial charge in [-0.3, -0.25) is 9.69 Å². The summed E-state index contributed by atoms with van der Waals surface area (Å²) in [5.41, 5.74) is 4.88. The molecule has 0 aliphatic heterocycles. The first-order valence-electron chi connectivity index (χ1n) is 12.4. The number of nitrogens with one attached hydrogen (secondary N) is 1. The van der Waals surface area contributed by atoms with Gasteiger partial charge >= 0.3 is 0 Å². The van der Waals surface area contributed by atoms with Crippen molar-refractivity contribution in [3.63, 3.8) is 0 Å². The Morgan fingerprint density at radius 1 is 1.00 bits per heavy atom. The Labute approximate surface area is 207 Å². The second kappa shape index (κ2) is 10.1. The van der Waals surface area contributed by atoms with E-state index in [1.165, 1.54) is 16.7 Å². The molecule has 0 fully saturated rings. The van der Waals surface area contributed by atoms with Crippen LogP contribution in [0.1, 0.15) is 74.7 Å². The highest BCUT2D eigenvalue weighted by Gasteiger charge is 2.30. The molecule has 7 nitrogen and oxygen atoms in total. The van der Waals surface area contributed by atoms with Gasteiger partial charge in [0.1, 0.15) is 0 Å². The van der Waals surface area contributed by atoms with E-state index in [4.69, 9.17) is 0 Å². The van der Waals surface area contributed by atoms with E-state index in [2.05, 4.69) is 97.3 Å². The smallest absolute Gasteiger partial charge is 0.252 e. The van der Waals surface area contributed by atoms with E-state index in [0.29, 0.717) is 13.1 Å². The van der Waals surface area contributed by atoms with Crippen molar-refractivity contribution < 1.29 is 0 Å². The van der Waals surface area contributed by atoms with Gasteiger partial charge in [0.2, 0.25) is 0 Å². The molecule has 1 atom stereocenters. The summed E-state index contributed by atoms with van der Waals surface area (Å²) in [6, 6.07) is 16.7. The van der Waals surface area contributed by atoms with Crippen molar-refractivity contribution >= 4 is 10.9 Å². The van der Waals surface area contributed by atoms with Gasteiger partial charge < -0.3 is 4.98 Å². The van der Waals surface area contributed by atoms with Crippen molar-refractivity contribution in [3.8, 4) is 0 Å². The van der Waals surface area contributed by atoms with Gasteiger partial charge in [-0.25, -0.2) is 4.68 Å². The van der Waals surface area contributed by atoms with Crippen molar-refractivity contribution in [2.24, 2.45) is 0 Å². The summed E-state index contributed by atoms with van der Waals surface area (Å²) < 4.78 is 1.92. The molecule has 0 saturated carbocycles. The predicted octanol–water partition coefficient (Wildman–Crippen LogP) is 5.43. The first kappa shape index (κ1) is 24.8. The average molecular weight is 473 g/mol. The maximum absolute atomic E-state index is 13.1. The van der Waals surface area contributed by atoms with Gasteiger partial charge in [-0.15, -0.1) is 5.10 Å². The maximum atomic E-state index is 13.1. The zero-order chi connectivity index (χ0) is 25.2. The summed E-state index contributed by atoms with van der Waals surface area (Å²) in [5.74, 6) is 0.833. The van der Waals surface area contributed by atoms with Gasteiger partial charge in [-0.05, 0) is 80.6 Å². The predicted molar refractivity (Wildman–Crippen MR) is 140 cm³/mol. The van der Waals surface area contributed by atoms with Crippen molar-refractivity contribution in [2.45, 2.75) is 79.1 Å². The molecule has 7 heteroatoms. The molecule has 4 rings (SSSR count). The van der Waals surface area contributed by atoms with Crippen LogP contribution in [0.15, 0.2) is 53.3 Å². The van der Waals surface area contributed by atoms with E-state index in [0.717, 1.165) is 35.1 Å². The Morgan fingerprint density at radius 3 is 2.40 bits per heavy atom. The molecule has 2 heterocycles. The molecule has 4 aromatic rings. The van der Waals surface area contributed by atoms with E-state index in [9.17, 15) is 4.79 Å². The number of pyridine rings is 1. The number of H-pyrrole nitrogens is 1. The minimum atomic E-state index is -0.252. The summed E-state index contributed by atoms with van der Waals surface area (Å²) in [6.45, 7) is 13.8. The molecule has 0 aliphatic carbocycles. The fourth-order valence-electron chi connectivity index (χ4n) is 4.54. The number of nitrogens with zero attached hydrogens (tertiary/aromatic N) is 5. The van der Waals surface area contributed by atoms with Gasteiger partial charge in [-0.2, -0.15) is 0 Å². The van der Waals surface area contributed by atoms with Crippen LogP contribution in [-0.4, -0.2) is 30.1 Å². The van der Waals surface area contributed by atoms with Crippen LogP contribution in [0.25, 0.3) is 10.9 Å². The first-order valence-corrected chi connectivity index (χ1v) is 12.4. The summed E-state index contributed by atoms with van der Waals surface area (Å²) >= 11 is 0. The van der Waals surface area contributed by atoms with Crippen molar-refractivity contribution in [2.75, 3.05) is 0 Å². The Morgan fingerprint density at radius 2 is 1.71 bits per heavy atom. The highest BCUT2D eigenvalue weighted by atomic mass is 16.1. The Bertz CT molecular complexity index is 1350.